The van der Waals surface area contributed by atoms with Gasteiger partial charge in [0.1, 0.15) is 0 Å². The molecule has 0 aromatic carbocycles. The average Bonchev–Trinajstić information content (AvgIpc) is 2.16. The van der Waals surface area contributed by atoms with Crippen LogP contribution in [-0.2, 0) is 0 Å². The largest absolute Gasteiger partial charge is 0.396 e. The Bertz CT molecular complexity index is 222. The van der Waals surface area contributed by atoms with Crippen LogP contribution in [0.15, 0.2) is 11.6 Å². The molecule has 3 atom stereocenters. The first-order valence-corrected chi connectivity index (χ1v) is 4.63. The van der Waals surface area contributed by atoms with Crippen molar-refractivity contribution >= 4 is 0 Å². The Hall–Kier alpha value is -0.340. The van der Waals surface area contributed by atoms with Gasteiger partial charge in [0, 0.05) is 12.0 Å². The number of rotatable bonds is 2. The highest BCUT2D eigenvalue weighted by atomic mass is 16.3. The van der Waals surface area contributed by atoms with E-state index in [9.17, 15) is 5.11 Å². The van der Waals surface area contributed by atoms with Crippen LogP contribution in [0, 0.1) is 17.3 Å². The first-order valence-electron chi connectivity index (χ1n) is 4.63. The van der Waals surface area contributed by atoms with E-state index in [1.807, 2.05) is 0 Å². The zero-order valence-electron chi connectivity index (χ0n) is 7.45. The van der Waals surface area contributed by atoms with Crippen molar-refractivity contribution in [3.63, 3.8) is 0 Å². The molecule has 3 rings (SSSR count). The molecule has 12 heavy (non-hydrogen) atoms. The molecule has 0 spiro atoms. The van der Waals surface area contributed by atoms with Crippen LogP contribution < -0.4 is 0 Å². The maximum Gasteiger partial charge on any atom is 0.0644 e. The van der Waals surface area contributed by atoms with Crippen molar-refractivity contribution in [2.45, 2.75) is 19.8 Å². The summed E-state index contributed by atoms with van der Waals surface area (Å²) in [5.74, 6) is 1.11. The third-order valence-corrected chi connectivity index (χ3v) is 3.88. The molecule has 2 bridgehead atoms. The summed E-state index contributed by atoms with van der Waals surface area (Å²) in [5.41, 5.74) is 1.22. The monoisotopic (exact) mass is 168 g/mol. The summed E-state index contributed by atoms with van der Waals surface area (Å²) in [7, 11) is 0. The van der Waals surface area contributed by atoms with Crippen molar-refractivity contribution in [1.82, 2.24) is 0 Å². The number of aliphatic hydroxyl groups excluding tert-OH is 2. The number of aliphatic hydroxyl groups is 2. The van der Waals surface area contributed by atoms with E-state index in [1.54, 1.807) is 0 Å². The minimum absolute atomic E-state index is 0.0762. The van der Waals surface area contributed by atoms with Gasteiger partial charge < -0.3 is 10.2 Å². The Morgan fingerprint density at radius 1 is 1.58 bits per heavy atom. The van der Waals surface area contributed by atoms with E-state index in [2.05, 4.69) is 13.0 Å². The highest BCUT2D eigenvalue weighted by Crippen LogP contribution is 2.58. The maximum absolute atomic E-state index is 9.26. The molecule has 1 fully saturated rings. The minimum Gasteiger partial charge on any atom is -0.396 e. The van der Waals surface area contributed by atoms with E-state index in [4.69, 9.17) is 5.11 Å². The topological polar surface area (TPSA) is 40.5 Å². The van der Waals surface area contributed by atoms with Crippen LogP contribution in [0.5, 0.6) is 0 Å². The lowest BCUT2D eigenvalue weighted by Gasteiger charge is -2.57. The summed E-state index contributed by atoms with van der Waals surface area (Å²) < 4.78 is 0. The van der Waals surface area contributed by atoms with Gasteiger partial charge in [-0.05, 0) is 30.3 Å². The minimum atomic E-state index is 0.0762. The number of hydrogen-bond donors (Lipinski definition) is 2. The van der Waals surface area contributed by atoms with Crippen molar-refractivity contribution in [3.8, 4) is 0 Å². The molecule has 0 heterocycles. The predicted octanol–water partition coefficient (Wildman–Crippen LogP) is 0.944. The van der Waals surface area contributed by atoms with Gasteiger partial charge in [0.15, 0.2) is 0 Å². The average molecular weight is 168 g/mol. The Morgan fingerprint density at radius 2 is 2.33 bits per heavy atom. The second-order valence-corrected chi connectivity index (χ2v) is 4.32. The van der Waals surface area contributed by atoms with Crippen LogP contribution in [0.4, 0.5) is 0 Å². The molecule has 1 saturated carbocycles. The highest BCUT2D eigenvalue weighted by molar-refractivity contribution is 5.24. The van der Waals surface area contributed by atoms with Crippen LogP contribution in [0.2, 0.25) is 0 Å². The Kier molecular flexibility index (Phi) is 1.77. The van der Waals surface area contributed by atoms with E-state index in [0.717, 1.165) is 12.0 Å². The normalized spacial score (nSPS) is 45.1. The van der Waals surface area contributed by atoms with E-state index >= 15 is 0 Å². The lowest BCUT2D eigenvalue weighted by molar-refractivity contribution is -0.0717. The van der Waals surface area contributed by atoms with E-state index in [-0.39, 0.29) is 18.6 Å². The van der Waals surface area contributed by atoms with Gasteiger partial charge in [-0.1, -0.05) is 13.0 Å². The zero-order chi connectivity index (χ0) is 8.77. The third kappa shape index (κ3) is 0.824. The Morgan fingerprint density at radius 3 is 2.83 bits per heavy atom. The Balaban J connectivity index is 2.21. The van der Waals surface area contributed by atoms with Crippen LogP contribution in [-0.4, -0.2) is 23.4 Å². The lowest BCUT2D eigenvalue weighted by atomic mass is 9.48. The van der Waals surface area contributed by atoms with Gasteiger partial charge in [-0.25, -0.2) is 0 Å². The summed E-state index contributed by atoms with van der Waals surface area (Å²) in [4.78, 5) is 0. The highest BCUT2D eigenvalue weighted by Gasteiger charge is 2.53. The van der Waals surface area contributed by atoms with Gasteiger partial charge in [0.25, 0.3) is 0 Å². The van der Waals surface area contributed by atoms with Crippen molar-refractivity contribution in [2.24, 2.45) is 17.3 Å². The summed E-state index contributed by atoms with van der Waals surface area (Å²) >= 11 is 0. The zero-order valence-corrected chi connectivity index (χ0v) is 7.45. The fraction of sp³-hybridized carbons (Fsp3) is 0.800. The molecule has 3 aliphatic rings. The van der Waals surface area contributed by atoms with Crippen molar-refractivity contribution in [1.29, 1.82) is 0 Å². The molecule has 0 radical (unpaired) electrons. The van der Waals surface area contributed by atoms with Crippen LogP contribution in [0.1, 0.15) is 19.8 Å². The maximum atomic E-state index is 9.26. The third-order valence-electron chi connectivity index (χ3n) is 3.88. The van der Waals surface area contributed by atoms with E-state index in [0.29, 0.717) is 11.8 Å². The van der Waals surface area contributed by atoms with Crippen LogP contribution in [0.3, 0.4) is 0 Å². The molecule has 0 aromatic rings. The van der Waals surface area contributed by atoms with Gasteiger partial charge in [0.2, 0.25) is 0 Å². The van der Waals surface area contributed by atoms with Crippen molar-refractivity contribution in [3.05, 3.63) is 11.6 Å². The molecule has 0 aliphatic heterocycles. The molecule has 2 heteroatoms. The van der Waals surface area contributed by atoms with Crippen molar-refractivity contribution < 1.29 is 10.2 Å². The standard InChI is InChI=1S/C10H16O2/c1-10(6-12)8-3-2-7(5-11)9(10)4-8/h2,8-9,11-12H,3-6H2,1H3. The summed E-state index contributed by atoms with van der Waals surface area (Å²) in [6, 6.07) is 0. The van der Waals surface area contributed by atoms with Gasteiger partial charge >= 0.3 is 0 Å². The van der Waals surface area contributed by atoms with E-state index < -0.39 is 0 Å². The summed E-state index contributed by atoms with van der Waals surface area (Å²) in [5, 5.41) is 18.3. The first kappa shape index (κ1) is 8.27. The second-order valence-electron chi connectivity index (χ2n) is 4.32. The molecular formula is C10H16O2. The summed E-state index contributed by atoms with van der Waals surface area (Å²) in [6.45, 7) is 2.57. The second kappa shape index (κ2) is 2.57. The molecule has 68 valence electrons. The van der Waals surface area contributed by atoms with Crippen molar-refractivity contribution in [2.75, 3.05) is 13.2 Å². The van der Waals surface area contributed by atoms with Crippen LogP contribution in [0.25, 0.3) is 0 Å². The van der Waals surface area contributed by atoms with Gasteiger partial charge in [-0.3, -0.25) is 0 Å². The number of allylic oxidation sites excluding steroid dienone is 1. The fourth-order valence-corrected chi connectivity index (χ4v) is 2.74. The quantitative estimate of drug-likeness (QED) is 0.602. The molecule has 2 N–H and O–H groups in total. The molecule has 0 saturated heterocycles. The first-order chi connectivity index (χ1) is 5.72. The van der Waals surface area contributed by atoms with Gasteiger partial charge in [0.05, 0.1) is 6.61 Å². The van der Waals surface area contributed by atoms with Gasteiger partial charge in [-0.15, -0.1) is 0 Å². The molecule has 3 unspecified atom stereocenters. The molecule has 0 aromatic heterocycles. The van der Waals surface area contributed by atoms with Gasteiger partial charge in [-0.2, -0.15) is 0 Å². The SMILES string of the molecule is CC1(CO)C2CC=C(CO)C1C2. The fourth-order valence-electron chi connectivity index (χ4n) is 2.74. The molecule has 3 aliphatic carbocycles. The van der Waals surface area contributed by atoms with E-state index in [1.165, 1.54) is 6.42 Å². The van der Waals surface area contributed by atoms with Crippen LogP contribution >= 0.6 is 0 Å². The predicted molar refractivity (Wildman–Crippen MR) is 46.6 cm³/mol. The Labute approximate surface area is 72.9 Å². The lowest BCUT2D eigenvalue weighted by Crippen LogP contribution is -2.52. The molecule has 2 nitrogen and oxygen atoms in total. The number of hydrogen-bond acceptors (Lipinski definition) is 2. The smallest absolute Gasteiger partial charge is 0.0644 e. The molecular weight excluding hydrogens is 152 g/mol. The molecule has 0 amide bonds. The summed E-state index contributed by atoms with van der Waals surface area (Å²) in [6.07, 6.45) is 4.36. The number of fused-ring (bicyclic) bond motifs is 1.